The molecule has 6 amide bonds. The molecule has 0 spiro atoms. The maximum Gasteiger partial charge on any atom is 0.253 e. The van der Waals surface area contributed by atoms with E-state index in [0.29, 0.717) is 32.4 Å². The van der Waals surface area contributed by atoms with Gasteiger partial charge in [-0.3, -0.25) is 43.4 Å². The first kappa shape index (κ1) is 31.6. The Labute approximate surface area is 229 Å². The lowest BCUT2D eigenvalue weighted by molar-refractivity contribution is -0.139. The summed E-state index contributed by atoms with van der Waals surface area (Å²) in [6, 6.07) is 0. The van der Waals surface area contributed by atoms with Crippen LogP contribution in [0.25, 0.3) is 0 Å². The molecule has 0 bridgehead atoms. The van der Waals surface area contributed by atoms with Crippen LogP contribution in [0.3, 0.4) is 0 Å². The summed E-state index contributed by atoms with van der Waals surface area (Å²) in [7, 11) is 0. The molecule has 0 aromatic carbocycles. The topological polar surface area (TPSA) is 150 Å². The van der Waals surface area contributed by atoms with Gasteiger partial charge in [0.1, 0.15) is 5.78 Å². The number of imide groups is 2. The minimum Gasteiger partial charge on any atom is -0.356 e. The van der Waals surface area contributed by atoms with Gasteiger partial charge in [0.2, 0.25) is 11.8 Å². The average molecular weight is 545 g/mol. The minimum atomic E-state index is -0.536. The van der Waals surface area contributed by atoms with E-state index in [-0.39, 0.29) is 49.9 Å². The normalized spacial score (nSPS) is 15.4. The third-order valence-corrected chi connectivity index (χ3v) is 6.70. The predicted octanol–water partition coefficient (Wildman–Crippen LogP) is 1.57. The lowest BCUT2D eigenvalue weighted by atomic mass is 9.94. The maximum absolute atomic E-state index is 12.8. The number of ketones is 1. The summed E-state index contributed by atoms with van der Waals surface area (Å²) in [4.78, 5) is 86.0. The Balaban J connectivity index is 1.73. The average Bonchev–Trinajstić information content (AvgIpc) is 3.41. The van der Waals surface area contributed by atoms with E-state index in [0.717, 1.165) is 41.9 Å². The van der Waals surface area contributed by atoms with Crippen molar-refractivity contribution < 1.29 is 33.6 Å². The van der Waals surface area contributed by atoms with Crippen molar-refractivity contribution in [3.8, 4) is 0 Å². The van der Waals surface area contributed by atoms with Crippen molar-refractivity contribution in [1.29, 1.82) is 0 Å². The van der Waals surface area contributed by atoms with Gasteiger partial charge in [-0.2, -0.15) is 0 Å². The molecule has 2 aliphatic rings. The van der Waals surface area contributed by atoms with Crippen LogP contribution in [0.5, 0.6) is 0 Å². The van der Waals surface area contributed by atoms with Gasteiger partial charge in [0, 0.05) is 75.7 Å². The zero-order valence-corrected chi connectivity index (χ0v) is 22.7. The van der Waals surface area contributed by atoms with Crippen molar-refractivity contribution in [2.75, 3.05) is 26.2 Å². The number of hydrogen-bond donors (Lipinski definition) is 2. The van der Waals surface area contributed by atoms with E-state index in [2.05, 4.69) is 17.6 Å². The van der Waals surface area contributed by atoms with Crippen LogP contribution in [0.15, 0.2) is 24.3 Å². The summed E-state index contributed by atoms with van der Waals surface area (Å²) < 4.78 is 0. The predicted molar refractivity (Wildman–Crippen MR) is 143 cm³/mol. The molecule has 2 N–H and O–H groups in total. The lowest BCUT2D eigenvalue weighted by Crippen LogP contribution is -2.35. The van der Waals surface area contributed by atoms with Crippen LogP contribution in [0.4, 0.5) is 0 Å². The standard InChI is InChI=1S/C28H40N4O7/c1-2-3-4-5-7-17-30-28(39)21(20-22(33)14-18-31-24(35)10-11-25(31)36)9-6-8-16-29-23(34)15-19-32-26(37)12-13-27(32)38/h10-13,21H,2-9,14-20H2,1H3,(H,29,34)(H,30,39)/t21-/m1/s1. The number of hydrogen-bond acceptors (Lipinski definition) is 7. The molecule has 0 aromatic heterocycles. The van der Waals surface area contributed by atoms with Gasteiger partial charge in [-0.05, 0) is 19.3 Å². The fourth-order valence-electron chi connectivity index (χ4n) is 4.37. The van der Waals surface area contributed by atoms with E-state index < -0.39 is 29.5 Å². The fraction of sp³-hybridized carbons (Fsp3) is 0.607. The highest BCUT2D eigenvalue weighted by Crippen LogP contribution is 2.16. The van der Waals surface area contributed by atoms with E-state index in [1.54, 1.807) is 0 Å². The molecular formula is C28H40N4O7. The monoisotopic (exact) mass is 544 g/mol. The summed E-state index contributed by atoms with van der Waals surface area (Å²) in [5.74, 6) is -2.94. The fourth-order valence-corrected chi connectivity index (χ4v) is 4.37. The van der Waals surface area contributed by atoms with Crippen LogP contribution in [-0.2, 0) is 33.6 Å². The van der Waals surface area contributed by atoms with Crippen molar-refractivity contribution in [3.63, 3.8) is 0 Å². The first-order valence-electron chi connectivity index (χ1n) is 13.9. The highest BCUT2D eigenvalue weighted by atomic mass is 16.2. The largest absolute Gasteiger partial charge is 0.356 e. The van der Waals surface area contributed by atoms with Crippen LogP contribution >= 0.6 is 0 Å². The molecule has 214 valence electrons. The van der Waals surface area contributed by atoms with Gasteiger partial charge in [0.15, 0.2) is 0 Å². The van der Waals surface area contributed by atoms with Gasteiger partial charge >= 0.3 is 0 Å². The van der Waals surface area contributed by atoms with Crippen molar-refractivity contribution in [2.45, 2.75) is 77.6 Å². The van der Waals surface area contributed by atoms with Gasteiger partial charge < -0.3 is 10.6 Å². The lowest BCUT2D eigenvalue weighted by Gasteiger charge is -2.18. The van der Waals surface area contributed by atoms with Crippen molar-refractivity contribution in [3.05, 3.63) is 24.3 Å². The second kappa shape index (κ2) is 17.1. The Kier molecular flexibility index (Phi) is 13.8. The zero-order valence-electron chi connectivity index (χ0n) is 22.7. The minimum absolute atomic E-state index is 0.00639. The third kappa shape index (κ3) is 11.3. The third-order valence-electron chi connectivity index (χ3n) is 6.70. The smallest absolute Gasteiger partial charge is 0.253 e. The van der Waals surface area contributed by atoms with Gasteiger partial charge in [-0.25, -0.2) is 0 Å². The Hall–Kier alpha value is -3.63. The van der Waals surface area contributed by atoms with Crippen molar-refractivity contribution in [1.82, 2.24) is 20.4 Å². The number of nitrogens with zero attached hydrogens (tertiary/aromatic N) is 2. The molecule has 0 unspecified atom stereocenters. The molecule has 0 aliphatic carbocycles. The molecule has 11 nitrogen and oxygen atoms in total. The van der Waals surface area contributed by atoms with Crippen LogP contribution in [-0.4, -0.2) is 77.2 Å². The summed E-state index contributed by atoms with van der Waals surface area (Å²) in [6.45, 7) is 3.06. The number of carbonyl (C=O) groups is 7. The highest BCUT2D eigenvalue weighted by molar-refractivity contribution is 6.13. The summed E-state index contributed by atoms with van der Waals surface area (Å²) in [5.41, 5.74) is 0. The molecule has 11 heteroatoms. The van der Waals surface area contributed by atoms with E-state index in [1.807, 2.05) is 0 Å². The number of carbonyl (C=O) groups excluding carboxylic acids is 7. The Bertz CT molecular complexity index is 952. The zero-order chi connectivity index (χ0) is 28.6. The number of unbranched alkanes of at least 4 members (excludes halogenated alkanes) is 5. The maximum atomic E-state index is 12.8. The number of Topliss-reactive ketones (excluding diaryl/α,β-unsaturated/α-hetero) is 1. The summed E-state index contributed by atoms with van der Waals surface area (Å²) in [6.07, 6.45) is 11.7. The molecule has 2 heterocycles. The first-order chi connectivity index (χ1) is 18.7. The highest BCUT2D eigenvalue weighted by Gasteiger charge is 2.26. The number of rotatable bonds is 20. The first-order valence-corrected chi connectivity index (χ1v) is 13.9. The molecule has 39 heavy (non-hydrogen) atoms. The van der Waals surface area contributed by atoms with Gasteiger partial charge in [-0.1, -0.05) is 39.0 Å². The molecule has 0 fully saturated rings. The van der Waals surface area contributed by atoms with Gasteiger partial charge in [-0.15, -0.1) is 0 Å². The summed E-state index contributed by atoms with van der Waals surface area (Å²) in [5, 5.41) is 5.68. The molecule has 0 saturated heterocycles. The second-order valence-corrected chi connectivity index (χ2v) is 9.81. The van der Waals surface area contributed by atoms with Gasteiger partial charge in [0.05, 0.1) is 0 Å². The quantitative estimate of drug-likeness (QED) is 0.174. The van der Waals surface area contributed by atoms with E-state index >= 15 is 0 Å². The molecular weight excluding hydrogens is 504 g/mol. The van der Waals surface area contributed by atoms with Crippen LogP contribution in [0.2, 0.25) is 0 Å². The molecule has 0 saturated carbocycles. The Morgan fingerprint density at radius 3 is 1.79 bits per heavy atom. The van der Waals surface area contributed by atoms with Crippen molar-refractivity contribution in [2.24, 2.45) is 5.92 Å². The molecule has 2 rings (SSSR count). The van der Waals surface area contributed by atoms with E-state index in [1.165, 1.54) is 24.3 Å². The van der Waals surface area contributed by atoms with Crippen LogP contribution in [0, 0.1) is 5.92 Å². The van der Waals surface area contributed by atoms with Crippen molar-refractivity contribution >= 4 is 41.2 Å². The molecule has 0 radical (unpaired) electrons. The van der Waals surface area contributed by atoms with E-state index in [4.69, 9.17) is 0 Å². The number of nitrogens with one attached hydrogen (secondary N) is 2. The second-order valence-electron chi connectivity index (χ2n) is 9.81. The molecule has 2 aliphatic heterocycles. The van der Waals surface area contributed by atoms with Gasteiger partial charge in [0.25, 0.3) is 23.6 Å². The molecule has 1 atom stereocenters. The van der Waals surface area contributed by atoms with Crippen LogP contribution in [0.1, 0.15) is 77.6 Å². The molecule has 0 aromatic rings. The summed E-state index contributed by atoms with van der Waals surface area (Å²) >= 11 is 0. The van der Waals surface area contributed by atoms with E-state index in [9.17, 15) is 33.6 Å². The van der Waals surface area contributed by atoms with Crippen LogP contribution < -0.4 is 10.6 Å². The SMILES string of the molecule is CCCCCCCNC(=O)[C@H](CCCCNC(=O)CCN1C(=O)C=CC1=O)CC(=O)CCN1C(=O)C=CC1=O. The Morgan fingerprint density at radius 1 is 0.692 bits per heavy atom. The number of amides is 6. The Morgan fingerprint density at radius 2 is 1.21 bits per heavy atom.